The second kappa shape index (κ2) is 11.1. The predicted octanol–water partition coefficient (Wildman–Crippen LogP) is 0.748. The molecule has 0 aliphatic carbocycles. The van der Waals surface area contributed by atoms with Gasteiger partial charge in [0.15, 0.2) is 0 Å². The number of benzene rings is 1. The molecule has 1 aliphatic rings. The van der Waals surface area contributed by atoms with Crippen LogP contribution in [0, 0.1) is 0 Å². The summed E-state index contributed by atoms with van der Waals surface area (Å²) in [5.41, 5.74) is -3.56. The summed E-state index contributed by atoms with van der Waals surface area (Å²) in [4.78, 5) is 40.0. The SMILES string of the molecule is CC(C)OC(=O)[C@@H](C)NP(=O)(OC[C@H]1O[C@@H](c2cc(=O)[nH]c(=O)[nH]2)[C@](C)(O)[C@@H]1O)Oc1ccccc1. The van der Waals surface area contributed by atoms with E-state index < -0.39 is 67.6 Å². The summed E-state index contributed by atoms with van der Waals surface area (Å²) in [5.74, 6) is -0.513. The number of ether oxygens (including phenoxy) is 2. The Morgan fingerprint density at radius 3 is 2.50 bits per heavy atom. The highest BCUT2D eigenvalue weighted by molar-refractivity contribution is 7.52. The zero-order valence-electron chi connectivity index (χ0n) is 20.2. The fourth-order valence-electron chi connectivity index (χ4n) is 3.57. The fraction of sp³-hybridized carbons (Fsp3) is 0.500. The number of aliphatic hydroxyl groups is 2. The Bertz CT molecular complexity index is 1180. The number of carbonyl (C=O) groups excluding carboxylic acids is 1. The first-order valence-corrected chi connectivity index (χ1v) is 12.7. The average Bonchev–Trinajstić information content (AvgIpc) is 3.00. The molecule has 3 rings (SSSR count). The van der Waals surface area contributed by atoms with Crippen molar-refractivity contribution in [1.29, 1.82) is 0 Å². The molecule has 0 bridgehead atoms. The minimum atomic E-state index is -4.26. The van der Waals surface area contributed by atoms with Crippen molar-refractivity contribution in [1.82, 2.24) is 15.1 Å². The highest BCUT2D eigenvalue weighted by Crippen LogP contribution is 2.47. The monoisotopic (exact) mass is 527 g/mol. The molecule has 2 aromatic rings. The van der Waals surface area contributed by atoms with Gasteiger partial charge in [0, 0.05) is 6.07 Å². The number of para-hydroxylation sites is 1. The molecule has 2 heterocycles. The Balaban J connectivity index is 1.80. The van der Waals surface area contributed by atoms with Crippen molar-refractivity contribution < 1.29 is 38.1 Å². The zero-order valence-corrected chi connectivity index (χ0v) is 21.1. The van der Waals surface area contributed by atoms with Gasteiger partial charge in [-0.3, -0.25) is 19.1 Å². The van der Waals surface area contributed by atoms with Crippen LogP contribution in [0.2, 0.25) is 0 Å². The molecule has 1 aromatic heterocycles. The number of hydrogen-bond donors (Lipinski definition) is 5. The third-order valence-corrected chi connectivity index (χ3v) is 6.93. The minimum Gasteiger partial charge on any atom is -0.462 e. The largest absolute Gasteiger partial charge is 0.462 e. The molecule has 1 fully saturated rings. The van der Waals surface area contributed by atoms with Gasteiger partial charge in [0.05, 0.1) is 18.4 Å². The van der Waals surface area contributed by atoms with E-state index in [2.05, 4.69) is 10.1 Å². The summed E-state index contributed by atoms with van der Waals surface area (Å²) in [7, 11) is -4.26. The van der Waals surface area contributed by atoms with Gasteiger partial charge in [-0.05, 0) is 39.8 Å². The number of hydrogen-bond acceptors (Lipinski definition) is 10. The molecular weight excluding hydrogens is 497 g/mol. The van der Waals surface area contributed by atoms with E-state index in [1.165, 1.54) is 26.0 Å². The third kappa shape index (κ3) is 6.69. The molecule has 1 saturated heterocycles. The van der Waals surface area contributed by atoms with Gasteiger partial charge in [-0.1, -0.05) is 18.2 Å². The number of aliphatic hydroxyl groups excluding tert-OH is 1. The van der Waals surface area contributed by atoms with Crippen molar-refractivity contribution in [3.05, 3.63) is 62.9 Å². The Labute approximate surface area is 206 Å². The zero-order chi connectivity index (χ0) is 26.7. The summed E-state index contributed by atoms with van der Waals surface area (Å²) in [6.07, 6.45) is -4.53. The number of rotatable bonds is 10. The van der Waals surface area contributed by atoms with Crippen LogP contribution in [0.15, 0.2) is 46.0 Å². The van der Waals surface area contributed by atoms with Crippen LogP contribution in [-0.4, -0.2) is 62.7 Å². The smallest absolute Gasteiger partial charge is 0.459 e. The fourth-order valence-corrected chi connectivity index (χ4v) is 5.07. The molecule has 198 valence electrons. The molecule has 14 heteroatoms. The van der Waals surface area contributed by atoms with E-state index in [1.807, 2.05) is 4.98 Å². The summed E-state index contributed by atoms with van der Waals surface area (Å²) in [6, 6.07) is 7.99. The number of H-pyrrole nitrogens is 2. The molecule has 5 N–H and O–H groups in total. The van der Waals surface area contributed by atoms with Crippen molar-refractivity contribution in [3.8, 4) is 5.75 Å². The highest BCUT2D eigenvalue weighted by atomic mass is 31.2. The van der Waals surface area contributed by atoms with Crippen LogP contribution in [0.1, 0.15) is 39.5 Å². The Morgan fingerprint density at radius 2 is 1.89 bits per heavy atom. The van der Waals surface area contributed by atoms with Crippen LogP contribution in [-0.2, 0) is 23.4 Å². The molecule has 1 unspecified atom stereocenters. The lowest BCUT2D eigenvalue weighted by atomic mass is 9.91. The maximum absolute atomic E-state index is 13.6. The first-order valence-electron chi connectivity index (χ1n) is 11.2. The van der Waals surface area contributed by atoms with Crippen molar-refractivity contribution in [2.75, 3.05) is 6.61 Å². The molecule has 0 spiro atoms. The lowest BCUT2D eigenvalue weighted by Crippen LogP contribution is -2.44. The lowest BCUT2D eigenvalue weighted by molar-refractivity contribution is -0.149. The molecular formula is C22H30N3O10P. The summed E-state index contributed by atoms with van der Waals surface area (Å²) in [5, 5.41) is 24.0. The summed E-state index contributed by atoms with van der Waals surface area (Å²) < 4.78 is 35.5. The summed E-state index contributed by atoms with van der Waals surface area (Å²) >= 11 is 0. The normalized spacial score (nSPS) is 26.4. The van der Waals surface area contributed by atoms with Gasteiger partial charge in [-0.2, -0.15) is 5.09 Å². The molecule has 0 radical (unpaired) electrons. The van der Waals surface area contributed by atoms with Crippen molar-refractivity contribution >= 4 is 13.7 Å². The van der Waals surface area contributed by atoms with Gasteiger partial charge < -0.3 is 29.2 Å². The first-order chi connectivity index (χ1) is 16.8. The average molecular weight is 527 g/mol. The molecule has 0 amide bonds. The molecule has 6 atom stereocenters. The van der Waals surface area contributed by atoms with Gasteiger partial charge in [-0.15, -0.1) is 0 Å². The lowest BCUT2D eigenvalue weighted by Gasteiger charge is -2.27. The quantitative estimate of drug-likeness (QED) is 0.217. The van der Waals surface area contributed by atoms with E-state index in [1.54, 1.807) is 32.0 Å². The Morgan fingerprint density at radius 1 is 1.22 bits per heavy atom. The molecule has 36 heavy (non-hydrogen) atoms. The molecule has 1 aromatic carbocycles. The second-order valence-electron chi connectivity index (χ2n) is 8.80. The Hall–Kier alpha value is -2.80. The van der Waals surface area contributed by atoms with E-state index in [9.17, 15) is 29.2 Å². The molecule has 1 aliphatic heterocycles. The Kier molecular flexibility index (Phi) is 8.55. The predicted molar refractivity (Wildman–Crippen MR) is 126 cm³/mol. The van der Waals surface area contributed by atoms with Gasteiger partial charge in [-0.25, -0.2) is 9.36 Å². The van der Waals surface area contributed by atoms with Crippen LogP contribution >= 0.6 is 7.75 Å². The van der Waals surface area contributed by atoms with E-state index in [-0.39, 0.29) is 11.4 Å². The number of aromatic amines is 2. The standard InChI is InChI=1S/C22H30N3O10P/c1-12(2)33-20(28)13(3)25-36(31,35-14-8-6-5-7-9-14)32-11-16-18(27)22(4,30)19(34-16)15-10-17(26)24-21(29)23-15/h5-10,12-13,16,18-19,27,30H,11H2,1-4H3,(H,25,31)(H2,23,24,26,29)/t13-,16-,18-,19+,22-,36?/m1/s1. The van der Waals surface area contributed by atoms with Crippen LogP contribution in [0.3, 0.4) is 0 Å². The number of esters is 1. The van der Waals surface area contributed by atoms with E-state index in [4.69, 9.17) is 18.5 Å². The van der Waals surface area contributed by atoms with Gasteiger partial charge in [0.2, 0.25) is 0 Å². The van der Waals surface area contributed by atoms with Gasteiger partial charge in [0.1, 0.15) is 35.7 Å². The van der Waals surface area contributed by atoms with Crippen molar-refractivity contribution in [2.45, 2.75) is 63.8 Å². The van der Waals surface area contributed by atoms with Crippen molar-refractivity contribution in [3.63, 3.8) is 0 Å². The van der Waals surface area contributed by atoms with Crippen LogP contribution in [0.4, 0.5) is 0 Å². The van der Waals surface area contributed by atoms with Crippen LogP contribution < -0.4 is 20.9 Å². The van der Waals surface area contributed by atoms with E-state index >= 15 is 0 Å². The van der Waals surface area contributed by atoms with E-state index in [0.29, 0.717) is 0 Å². The first kappa shape index (κ1) is 27.8. The topological polar surface area (TPSA) is 189 Å². The second-order valence-corrected chi connectivity index (χ2v) is 10.5. The number of aromatic nitrogens is 2. The van der Waals surface area contributed by atoms with Gasteiger partial charge >= 0.3 is 19.4 Å². The number of carbonyl (C=O) groups is 1. The van der Waals surface area contributed by atoms with Crippen LogP contribution in [0.5, 0.6) is 5.75 Å². The van der Waals surface area contributed by atoms with E-state index in [0.717, 1.165) is 6.07 Å². The summed E-state index contributed by atoms with van der Waals surface area (Å²) in [6.45, 7) is 5.45. The highest BCUT2D eigenvalue weighted by Gasteiger charge is 2.54. The number of nitrogens with one attached hydrogen (secondary N) is 3. The maximum atomic E-state index is 13.6. The molecule has 13 nitrogen and oxygen atoms in total. The third-order valence-electron chi connectivity index (χ3n) is 5.29. The maximum Gasteiger partial charge on any atom is 0.459 e. The van der Waals surface area contributed by atoms with Crippen LogP contribution in [0.25, 0.3) is 0 Å². The molecule has 0 saturated carbocycles. The van der Waals surface area contributed by atoms with Crippen molar-refractivity contribution in [2.24, 2.45) is 0 Å². The van der Waals surface area contributed by atoms with Gasteiger partial charge in [0.25, 0.3) is 5.56 Å². The minimum absolute atomic E-state index is 0.0674.